The first-order valence-electron chi connectivity index (χ1n) is 7.05. The van der Waals surface area contributed by atoms with Crippen molar-refractivity contribution in [3.63, 3.8) is 0 Å². The lowest BCUT2D eigenvalue weighted by Crippen LogP contribution is -2.49. The van der Waals surface area contributed by atoms with Crippen molar-refractivity contribution in [2.45, 2.75) is 45.3 Å². The molecule has 0 bridgehead atoms. The maximum absolute atomic E-state index is 6.07. The second-order valence-corrected chi connectivity index (χ2v) is 7.31. The van der Waals surface area contributed by atoms with Gasteiger partial charge in [-0.05, 0) is 51.8 Å². The van der Waals surface area contributed by atoms with Gasteiger partial charge in [0.15, 0.2) is 0 Å². The van der Waals surface area contributed by atoms with Crippen molar-refractivity contribution in [2.75, 3.05) is 26.7 Å². The third kappa shape index (κ3) is 3.19. The van der Waals surface area contributed by atoms with Gasteiger partial charge in [0.2, 0.25) is 0 Å². The standard InChI is InChI=1S/C15H26N2OS/c1-11-8-13(12(2)19-11)14(9-16)17-7-5-6-15(3,10-17)18-4/h8,14H,5-7,9-10,16H2,1-4H3. The Morgan fingerprint density at radius 1 is 1.53 bits per heavy atom. The molecule has 2 heterocycles. The molecule has 108 valence electrons. The molecular weight excluding hydrogens is 256 g/mol. The molecule has 0 amide bonds. The van der Waals surface area contributed by atoms with Gasteiger partial charge in [-0.3, -0.25) is 4.90 Å². The molecule has 3 nitrogen and oxygen atoms in total. The molecule has 1 aliphatic heterocycles. The number of methoxy groups -OCH3 is 1. The topological polar surface area (TPSA) is 38.5 Å². The van der Waals surface area contributed by atoms with E-state index in [2.05, 4.69) is 31.7 Å². The van der Waals surface area contributed by atoms with Crippen molar-refractivity contribution in [3.05, 3.63) is 21.4 Å². The molecule has 1 fully saturated rings. The van der Waals surface area contributed by atoms with Crippen molar-refractivity contribution in [1.82, 2.24) is 4.90 Å². The van der Waals surface area contributed by atoms with Crippen LogP contribution in [0.3, 0.4) is 0 Å². The van der Waals surface area contributed by atoms with Crippen LogP contribution in [0.4, 0.5) is 0 Å². The fraction of sp³-hybridized carbons (Fsp3) is 0.733. The Labute approximate surface area is 120 Å². The monoisotopic (exact) mass is 282 g/mol. The van der Waals surface area contributed by atoms with E-state index in [1.165, 1.54) is 21.7 Å². The zero-order chi connectivity index (χ0) is 14.0. The molecule has 2 atom stereocenters. The Balaban J connectivity index is 2.20. The maximum Gasteiger partial charge on any atom is 0.0777 e. The first-order chi connectivity index (χ1) is 8.99. The zero-order valence-corrected chi connectivity index (χ0v) is 13.3. The molecule has 2 N–H and O–H groups in total. The summed E-state index contributed by atoms with van der Waals surface area (Å²) in [7, 11) is 1.82. The van der Waals surface area contributed by atoms with E-state index >= 15 is 0 Å². The third-order valence-corrected chi connectivity index (χ3v) is 5.27. The molecule has 2 rings (SSSR count). The van der Waals surface area contributed by atoms with Gasteiger partial charge in [-0.25, -0.2) is 0 Å². The number of thiophene rings is 1. The molecule has 0 radical (unpaired) electrons. The van der Waals surface area contributed by atoms with Gasteiger partial charge in [-0.15, -0.1) is 11.3 Å². The van der Waals surface area contributed by atoms with Crippen molar-refractivity contribution >= 4 is 11.3 Å². The number of likely N-dealkylation sites (tertiary alicyclic amines) is 1. The second-order valence-electron chi connectivity index (χ2n) is 5.85. The summed E-state index contributed by atoms with van der Waals surface area (Å²) in [4.78, 5) is 5.27. The summed E-state index contributed by atoms with van der Waals surface area (Å²) in [6, 6.07) is 2.63. The van der Waals surface area contributed by atoms with Crippen molar-refractivity contribution in [1.29, 1.82) is 0 Å². The molecule has 1 aromatic heterocycles. The molecule has 1 saturated heterocycles. The van der Waals surface area contributed by atoms with Crippen molar-refractivity contribution in [3.8, 4) is 0 Å². The molecule has 0 spiro atoms. The minimum absolute atomic E-state index is 0.0232. The number of hydrogen-bond donors (Lipinski definition) is 1. The Hall–Kier alpha value is -0.420. The SMILES string of the molecule is COC1(C)CCCN(C(CN)c2cc(C)sc2C)C1. The van der Waals surface area contributed by atoms with E-state index in [9.17, 15) is 0 Å². The second kappa shape index (κ2) is 5.92. The lowest BCUT2D eigenvalue weighted by molar-refractivity contribution is -0.0608. The van der Waals surface area contributed by atoms with E-state index in [4.69, 9.17) is 10.5 Å². The number of nitrogens with zero attached hydrogens (tertiary/aromatic N) is 1. The van der Waals surface area contributed by atoms with E-state index in [0.717, 1.165) is 19.5 Å². The molecule has 1 aliphatic rings. The smallest absolute Gasteiger partial charge is 0.0777 e. The summed E-state index contributed by atoms with van der Waals surface area (Å²) < 4.78 is 5.69. The van der Waals surface area contributed by atoms with Gasteiger partial charge in [-0.2, -0.15) is 0 Å². The molecule has 0 aliphatic carbocycles. The van der Waals surface area contributed by atoms with E-state index in [1.54, 1.807) is 0 Å². The van der Waals surface area contributed by atoms with E-state index < -0.39 is 0 Å². The fourth-order valence-corrected chi connectivity index (χ4v) is 4.11. The van der Waals surface area contributed by atoms with Crippen LogP contribution in [0.1, 0.15) is 41.1 Å². The summed E-state index contributed by atoms with van der Waals surface area (Å²) >= 11 is 1.87. The average Bonchev–Trinajstić information content (AvgIpc) is 2.70. The maximum atomic E-state index is 6.07. The quantitative estimate of drug-likeness (QED) is 0.923. The largest absolute Gasteiger partial charge is 0.377 e. The lowest BCUT2D eigenvalue weighted by atomic mass is 9.92. The number of hydrogen-bond acceptors (Lipinski definition) is 4. The number of ether oxygens (including phenoxy) is 1. The van der Waals surface area contributed by atoms with Gasteiger partial charge >= 0.3 is 0 Å². The van der Waals surface area contributed by atoms with Gasteiger partial charge in [0, 0.05) is 36.0 Å². The highest BCUT2D eigenvalue weighted by Gasteiger charge is 2.34. The molecular formula is C15H26N2OS. The van der Waals surface area contributed by atoms with Gasteiger partial charge < -0.3 is 10.5 Å². The van der Waals surface area contributed by atoms with Crippen LogP contribution < -0.4 is 5.73 Å². The highest BCUT2D eigenvalue weighted by molar-refractivity contribution is 7.12. The number of aryl methyl sites for hydroxylation is 2. The first-order valence-corrected chi connectivity index (χ1v) is 7.87. The van der Waals surface area contributed by atoms with Crippen LogP contribution in [0.5, 0.6) is 0 Å². The van der Waals surface area contributed by atoms with Gasteiger partial charge in [0.1, 0.15) is 0 Å². The van der Waals surface area contributed by atoms with Crippen molar-refractivity contribution in [2.24, 2.45) is 5.73 Å². The molecule has 4 heteroatoms. The lowest BCUT2D eigenvalue weighted by Gasteiger charge is -2.43. The van der Waals surface area contributed by atoms with Crippen LogP contribution in [-0.4, -0.2) is 37.2 Å². The van der Waals surface area contributed by atoms with Crippen LogP contribution >= 0.6 is 11.3 Å². The fourth-order valence-electron chi connectivity index (χ4n) is 3.13. The van der Waals surface area contributed by atoms with Crippen LogP contribution in [0.15, 0.2) is 6.07 Å². The van der Waals surface area contributed by atoms with Crippen LogP contribution in [0.2, 0.25) is 0 Å². The van der Waals surface area contributed by atoms with E-state index in [-0.39, 0.29) is 5.60 Å². The summed E-state index contributed by atoms with van der Waals surface area (Å²) in [6.07, 6.45) is 2.32. The van der Waals surface area contributed by atoms with E-state index in [0.29, 0.717) is 12.6 Å². The van der Waals surface area contributed by atoms with Crippen molar-refractivity contribution < 1.29 is 4.74 Å². The Bertz CT molecular complexity index is 432. The summed E-state index contributed by atoms with van der Waals surface area (Å²) in [6.45, 7) is 9.35. The molecule has 2 unspecified atom stereocenters. The Kier molecular flexibility index (Phi) is 4.66. The van der Waals surface area contributed by atoms with Gasteiger partial charge in [0.05, 0.1) is 5.60 Å². The Morgan fingerprint density at radius 3 is 2.79 bits per heavy atom. The first kappa shape index (κ1) is 15.0. The van der Waals surface area contributed by atoms with E-state index in [1.807, 2.05) is 18.4 Å². The van der Waals surface area contributed by atoms with Crippen LogP contribution in [0, 0.1) is 13.8 Å². The van der Waals surface area contributed by atoms with Crippen LogP contribution in [-0.2, 0) is 4.74 Å². The number of nitrogens with two attached hydrogens (primary N) is 1. The minimum atomic E-state index is -0.0232. The highest BCUT2D eigenvalue weighted by Crippen LogP contribution is 2.34. The Morgan fingerprint density at radius 2 is 2.26 bits per heavy atom. The molecule has 1 aromatic rings. The number of rotatable bonds is 4. The van der Waals surface area contributed by atoms with Gasteiger partial charge in [0.25, 0.3) is 0 Å². The summed E-state index contributed by atoms with van der Waals surface area (Å²) in [5.74, 6) is 0. The summed E-state index contributed by atoms with van der Waals surface area (Å²) in [5, 5.41) is 0. The van der Waals surface area contributed by atoms with Crippen LogP contribution in [0.25, 0.3) is 0 Å². The predicted octanol–water partition coefficient (Wildman–Crippen LogP) is 2.87. The molecule has 0 saturated carbocycles. The molecule has 19 heavy (non-hydrogen) atoms. The normalized spacial score (nSPS) is 26.6. The molecule has 0 aromatic carbocycles. The number of piperidine rings is 1. The summed E-state index contributed by atoms with van der Waals surface area (Å²) in [5.41, 5.74) is 7.45. The predicted molar refractivity (Wildman–Crippen MR) is 81.8 cm³/mol. The minimum Gasteiger partial charge on any atom is -0.377 e. The third-order valence-electron chi connectivity index (χ3n) is 4.28. The zero-order valence-electron chi connectivity index (χ0n) is 12.5. The average molecular weight is 282 g/mol. The highest BCUT2D eigenvalue weighted by atomic mass is 32.1. The van der Waals surface area contributed by atoms with Gasteiger partial charge in [-0.1, -0.05) is 0 Å².